The normalized spacial score (nSPS) is 11.7. The molecule has 11 nitrogen and oxygen atoms in total. The molecule has 15 heteroatoms. The van der Waals surface area contributed by atoms with Gasteiger partial charge in [-0.15, -0.1) is 18.3 Å². The van der Waals surface area contributed by atoms with E-state index in [1.165, 1.54) is 36.6 Å². The maximum absolute atomic E-state index is 12.2. The van der Waals surface area contributed by atoms with Crippen molar-refractivity contribution in [1.29, 1.82) is 0 Å². The van der Waals surface area contributed by atoms with Gasteiger partial charge in [-0.3, -0.25) is 9.23 Å². The maximum atomic E-state index is 12.2. The average molecular weight is 659 g/mol. The molecule has 0 aliphatic carbocycles. The van der Waals surface area contributed by atoms with E-state index in [1.807, 2.05) is 24.3 Å². The molecule has 0 aliphatic heterocycles. The summed E-state index contributed by atoms with van der Waals surface area (Å²) in [4.78, 5) is 4.28. The second-order valence-electron chi connectivity index (χ2n) is 9.52. The van der Waals surface area contributed by atoms with Crippen LogP contribution < -0.4 is 9.47 Å². The zero-order valence-electron chi connectivity index (χ0n) is 24.4. The molecule has 2 aromatic heterocycles. The van der Waals surface area contributed by atoms with Crippen LogP contribution in [0, 0.1) is 6.92 Å². The SMILES string of the molecule is Cc1ccccc1S(=O)(=O)O.FC(F)(F)Oc1ccc(C=Cc2nc(COc3ccc(COCCn4ccnn4)cc3)co2)cc1. The molecule has 0 radical (unpaired) electrons. The van der Waals surface area contributed by atoms with Crippen LogP contribution in [0.3, 0.4) is 0 Å². The molecule has 242 valence electrons. The fraction of sp³-hybridized carbons (Fsp3) is 0.194. The van der Waals surface area contributed by atoms with E-state index in [-0.39, 0.29) is 17.3 Å². The first-order chi connectivity index (χ1) is 21.9. The van der Waals surface area contributed by atoms with Crippen LogP contribution in [0.15, 0.2) is 101 Å². The number of benzene rings is 3. The van der Waals surface area contributed by atoms with Crippen molar-refractivity contribution in [2.45, 2.75) is 37.9 Å². The molecule has 0 amide bonds. The lowest BCUT2D eigenvalue weighted by molar-refractivity contribution is -0.274. The highest BCUT2D eigenvalue weighted by Crippen LogP contribution is 2.23. The Morgan fingerprint density at radius 3 is 2.30 bits per heavy atom. The molecule has 3 aromatic carbocycles. The van der Waals surface area contributed by atoms with E-state index in [2.05, 4.69) is 20.0 Å². The predicted molar refractivity (Wildman–Crippen MR) is 160 cm³/mol. The van der Waals surface area contributed by atoms with Crippen molar-refractivity contribution in [2.24, 2.45) is 0 Å². The smallest absolute Gasteiger partial charge is 0.487 e. The van der Waals surface area contributed by atoms with Crippen molar-refractivity contribution in [3.8, 4) is 11.5 Å². The number of alkyl halides is 3. The molecule has 5 aromatic rings. The van der Waals surface area contributed by atoms with Gasteiger partial charge in [-0.05, 0) is 60.0 Å². The number of aryl methyl sites for hydroxylation is 1. The standard InChI is InChI=1S/C24H21F3N4O4.C7H8O3S/c25-24(26,27)35-22-8-1-18(2-9-22)5-10-23-29-20(17-34-23)16-33-21-6-3-19(4-7-21)15-32-14-13-31-12-11-28-30-31;1-6-4-2-3-5-7(6)11(8,9)10/h1-12,17H,13-16H2;2-5H,1H3,(H,8,9,10). The van der Waals surface area contributed by atoms with Crippen LogP contribution >= 0.6 is 0 Å². The first-order valence-electron chi connectivity index (χ1n) is 13.6. The van der Waals surface area contributed by atoms with Crippen molar-refractivity contribution in [3.05, 3.63) is 120 Å². The molecule has 0 atom stereocenters. The van der Waals surface area contributed by atoms with Crippen LogP contribution in [0.25, 0.3) is 12.2 Å². The number of ether oxygens (including phenoxy) is 3. The first kappa shape index (κ1) is 33.9. The van der Waals surface area contributed by atoms with E-state index in [0.717, 1.165) is 5.56 Å². The van der Waals surface area contributed by atoms with Crippen LogP contribution in [0.2, 0.25) is 0 Å². The van der Waals surface area contributed by atoms with Gasteiger partial charge in [0.1, 0.15) is 30.1 Å². The summed E-state index contributed by atoms with van der Waals surface area (Å²) in [5.74, 6) is 0.740. The quantitative estimate of drug-likeness (QED) is 0.119. The number of hydrogen-bond acceptors (Lipinski definition) is 9. The molecule has 0 unspecified atom stereocenters. The largest absolute Gasteiger partial charge is 0.573 e. The fourth-order valence-corrected chi connectivity index (χ4v) is 4.52. The third kappa shape index (κ3) is 11.5. The summed E-state index contributed by atoms with van der Waals surface area (Å²) in [6.07, 6.45) is 3.45. The summed E-state index contributed by atoms with van der Waals surface area (Å²) in [5, 5.41) is 7.61. The number of oxazole rings is 1. The van der Waals surface area contributed by atoms with Gasteiger partial charge in [0.2, 0.25) is 5.89 Å². The highest BCUT2D eigenvalue weighted by molar-refractivity contribution is 7.85. The molecule has 0 saturated carbocycles. The maximum Gasteiger partial charge on any atom is 0.573 e. The molecule has 0 aliphatic rings. The third-order valence-corrected chi connectivity index (χ3v) is 7.00. The average Bonchev–Trinajstić information content (AvgIpc) is 3.70. The highest BCUT2D eigenvalue weighted by Gasteiger charge is 2.30. The molecule has 1 N–H and O–H groups in total. The van der Waals surface area contributed by atoms with Gasteiger partial charge in [-0.2, -0.15) is 8.42 Å². The summed E-state index contributed by atoms with van der Waals surface area (Å²) >= 11 is 0. The van der Waals surface area contributed by atoms with Gasteiger partial charge in [0.25, 0.3) is 10.1 Å². The van der Waals surface area contributed by atoms with Gasteiger partial charge in [0.05, 0.1) is 30.9 Å². The van der Waals surface area contributed by atoms with E-state index < -0.39 is 16.5 Å². The zero-order valence-corrected chi connectivity index (χ0v) is 25.2. The third-order valence-electron chi connectivity index (χ3n) is 5.99. The van der Waals surface area contributed by atoms with Crippen molar-refractivity contribution < 1.29 is 44.8 Å². The summed E-state index contributed by atoms with van der Waals surface area (Å²) in [6.45, 7) is 3.49. The number of hydrogen-bond donors (Lipinski definition) is 1. The Morgan fingerprint density at radius 1 is 0.957 bits per heavy atom. The number of aromatic nitrogens is 4. The van der Waals surface area contributed by atoms with Gasteiger partial charge in [-0.25, -0.2) is 4.98 Å². The number of halogens is 3. The Balaban J connectivity index is 0.000000369. The summed E-state index contributed by atoms with van der Waals surface area (Å²) in [6, 6.07) is 19.3. The summed E-state index contributed by atoms with van der Waals surface area (Å²) < 4.78 is 88.8. The monoisotopic (exact) mass is 658 g/mol. The highest BCUT2D eigenvalue weighted by atomic mass is 32.2. The van der Waals surface area contributed by atoms with Crippen LogP contribution in [-0.4, -0.2) is 45.9 Å². The van der Waals surface area contributed by atoms with Crippen LogP contribution in [0.5, 0.6) is 11.5 Å². The zero-order chi connectivity index (χ0) is 33.0. The molecule has 0 fully saturated rings. The Kier molecular flexibility index (Phi) is 11.7. The molecule has 5 rings (SSSR count). The van der Waals surface area contributed by atoms with Crippen molar-refractivity contribution in [1.82, 2.24) is 20.0 Å². The molecular formula is C31H29F3N4O7S. The lowest BCUT2D eigenvalue weighted by atomic mass is 10.2. The van der Waals surface area contributed by atoms with Crippen LogP contribution in [0.1, 0.15) is 28.3 Å². The number of nitrogens with zero attached hydrogens (tertiary/aromatic N) is 4. The lowest BCUT2D eigenvalue weighted by Gasteiger charge is -2.08. The summed E-state index contributed by atoms with van der Waals surface area (Å²) in [7, 11) is -4.03. The van der Waals surface area contributed by atoms with Crippen molar-refractivity contribution in [3.63, 3.8) is 0 Å². The second-order valence-corrected chi connectivity index (χ2v) is 10.9. The molecule has 2 heterocycles. The van der Waals surface area contributed by atoms with Gasteiger partial charge >= 0.3 is 6.36 Å². The Hall–Kier alpha value is -4.99. The first-order valence-corrected chi connectivity index (χ1v) is 15.0. The minimum atomic E-state index is -4.72. The van der Waals surface area contributed by atoms with Crippen molar-refractivity contribution in [2.75, 3.05) is 6.61 Å². The molecular weight excluding hydrogens is 629 g/mol. The van der Waals surface area contributed by atoms with Gasteiger partial charge in [-0.1, -0.05) is 47.7 Å². The summed E-state index contributed by atoms with van der Waals surface area (Å²) in [5.41, 5.74) is 2.83. The Bertz CT molecular complexity index is 1790. The minimum absolute atomic E-state index is 0.0278. The van der Waals surface area contributed by atoms with E-state index in [0.29, 0.717) is 48.2 Å². The second kappa shape index (κ2) is 15.8. The number of rotatable bonds is 12. The van der Waals surface area contributed by atoms with Gasteiger partial charge in [0.15, 0.2) is 0 Å². The lowest BCUT2D eigenvalue weighted by Crippen LogP contribution is -2.16. The van der Waals surface area contributed by atoms with Crippen LogP contribution in [-0.2, 0) is 34.6 Å². The van der Waals surface area contributed by atoms with E-state index >= 15 is 0 Å². The predicted octanol–water partition coefficient (Wildman–Crippen LogP) is 6.37. The fourth-order valence-electron chi connectivity index (χ4n) is 3.80. The topological polar surface area (TPSA) is 139 Å². The Labute approximate surface area is 262 Å². The van der Waals surface area contributed by atoms with Gasteiger partial charge < -0.3 is 18.6 Å². The van der Waals surface area contributed by atoms with Crippen molar-refractivity contribution >= 4 is 22.3 Å². The molecule has 46 heavy (non-hydrogen) atoms. The van der Waals surface area contributed by atoms with E-state index in [1.54, 1.807) is 54.4 Å². The molecule has 0 bridgehead atoms. The molecule has 0 saturated heterocycles. The Morgan fingerprint density at radius 2 is 1.67 bits per heavy atom. The van der Waals surface area contributed by atoms with Crippen LogP contribution in [0.4, 0.5) is 13.2 Å². The minimum Gasteiger partial charge on any atom is -0.487 e. The van der Waals surface area contributed by atoms with E-state index in [9.17, 15) is 21.6 Å². The molecule has 0 spiro atoms. The van der Waals surface area contributed by atoms with Gasteiger partial charge in [0, 0.05) is 12.3 Å². The van der Waals surface area contributed by atoms with E-state index in [4.69, 9.17) is 18.4 Å².